The van der Waals surface area contributed by atoms with E-state index in [0.717, 1.165) is 6.54 Å². The van der Waals surface area contributed by atoms with Crippen LogP contribution in [-0.2, 0) is 6.42 Å². The van der Waals surface area contributed by atoms with E-state index in [4.69, 9.17) is 0 Å². The van der Waals surface area contributed by atoms with Crippen molar-refractivity contribution >= 4 is 22.6 Å². The molecule has 1 nitrogen and oxygen atoms in total. The summed E-state index contributed by atoms with van der Waals surface area (Å²) in [5.74, 6) is 0. The molecule has 0 aliphatic carbocycles. The molecule has 2 rings (SSSR count). The molecule has 1 aromatic carbocycles. The summed E-state index contributed by atoms with van der Waals surface area (Å²) >= 11 is 2.43. The minimum absolute atomic E-state index is 0.531. The summed E-state index contributed by atoms with van der Waals surface area (Å²) in [5, 5.41) is 3.46. The van der Waals surface area contributed by atoms with Crippen LogP contribution in [0.1, 0.15) is 24.1 Å². The lowest BCUT2D eigenvalue weighted by Crippen LogP contribution is -2.28. The Morgan fingerprint density at radius 2 is 2.33 bits per heavy atom. The van der Waals surface area contributed by atoms with Crippen molar-refractivity contribution in [3.05, 3.63) is 32.9 Å². The van der Waals surface area contributed by atoms with Crippen molar-refractivity contribution in [3.63, 3.8) is 0 Å². The monoisotopic (exact) mass is 273 g/mol. The normalized spacial score (nSPS) is 22.0. The Kier molecular flexibility index (Phi) is 2.37. The van der Waals surface area contributed by atoms with E-state index in [-0.39, 0.29) is 0 Å². The van der Waals surface area contributed by atoms with Gasteiger partial charge in [-0.25, -0.2) is 0 Å². The molecule has 64 valence electrons. The fourth-order valence-electron chi connectivity index (χ4n) is 1.77. The van der Waals surface area contributed by atoms with Crippen LogP contribution in [0.4, 0.5) is 0 Å². The molecule has 0 aromatic heterocycles. The van der Waals surface area contributed by atoms with Gasteiger partial charge >= 0.3 is 0 Å². The van der Waals surface area contributed by atoms with Crippen molar-refractivity contribution in [3.8, 4) is 0 Å². The van der Waals surface area contributed by atoms with E-state index in [0.29, 0.717) is 6.04 Å². The van der Waals surface area contributed by atoms with E-state index in [1.54, 1.807) is 5.56 Å². The number of nitrogens with one attached hydrogen (secondary N) is 1. The summed E-state index contributed by atoms with van der Waals surface area (Å²) < 4.78 is 1.42. The van der Waals surface area contributed by atoms with Crippen LogP contribution >= 0.6 is 22.6 Å². The van der Waals surface area contributed by atoms with Crippen molar-refractivity contribution < 1.29 is 0 Å². The van der Waals surface area contributed by atoms with Crippen molar-refractivity contribution in [2.75, 3.05) is 6.54 Å². The van der Waals surface area contributed by atoms with Crippen LogP contribution < -0.4 is 5.32 Å². The van der Waals surface area contributed by atoms with Gasteiger partial charge in [-0.1, -0.05) is 12.1 Å². The van der Waals surface area contributed by atoms with E-state index >= 15 is 0 Å². The molecule has 0 fully saturated rings. The van der Waals surface area contributed by atoms with E-state index in [1.807, 2.05) is 0 Å². The lowest BCUT2D eigenvalue weighted by molar-refractivity contribution is 0.539. The van der Waals surface area contributed by atoms with E-state index in [1.165, 1.54) is 15.6 Å². The summed E-state index contributed by atoms with van der Waals surface area (Å²) in [6.07, 6.45) is 1.18. The van der Waals surface area contributed by atoms with Gasteiger partial charge in [-0.2, -0.15) is 0 Å². The predicted molar refractivity (Wildman–Crippen MR) is 59.3 cm³/mol. The highest BCUT2D eigenvalue weighted by Gasteiger charge is 2.16. The molecule has 0 saturated carbocycles. The molecule has 2 heteroatoms. The van der Waals surface area contributed by atoms with Gasteiger partial charge in [0.05, 0.1) is 0 Å². The third kappa shape index (κ3) is 1.38. The minimum atomic E-state index is 0.531. The first-order chi connectivity index (χ1) is 5.79. The van der Waals surface area contributed by atoms with Gasteiger partial charge in [0.25, 0.3) is 0 Å². The SMILES string of the molecule is C[C@@H]1NCCc2c(I)cccc21. The standard InChI is InChI=1S/C10H12IN/c1-7-8-3-2-4-10(11)9(8)5-6-12-7/h2-4,7,12H,5-6H2,1H3/t7-/m0/s1. The highest BCUT2D eigenvalue weighted by molar-refractivity contribution is 14.1. The van der Waals surface area contributed by atoms with Gasteiger partial charge in [0, 0.05) is 9.61 Å². The van der Waals surface area contributed by atoms with Crippen molar-refractivity contribution in [1.29, 1.82) is 0 Å². The Hall–Kier alpha value is -0.0900. The zero-order chi connectivity index (χ0) is 8.55. The number of rotatable bonds is 0. The van der Waals surface area contributed by atoms with Gasteiger partial charge in [0.2, 0.25) is 0 Å². The molecule has 1 aliphatic heterocycles. The Balaban J connectivity index is 2.52. The van der Waals surface area contributed by atoms with E-state index < -0.39 is 0 Å². The molecule has 12 heavy (non-hydrogen) atoms. The highest BCUT2D eigenvalue weighted by Crippen LogP contribution is 2.25. The summed E-state index contributed by atoms with van der Waals surface area (Å²) in [4.78, 5) is 0. The topological polar surface area (TPSA) is 12.0 Å². The van der Waals surface area contributed by atoms with Gasteiger partial charge in [-0.3, -0.25) is 0 Å². The molecule has 0 bridgehead atoms. The number of benzene rings is 1. The summed E-state index contributed by atoms with van der Waals surface area (Å²) in [7, 11) is 0. The molecule has 0 amide bonds. The zero-order valence-corrected chi connectivity index (χ0v) is 9.26. The summed E-state index contributed by atoms with van der Waals surface area (Å²) in [6.45, 7) is 3.35. The van der Waals surface area contributed by atoms with Crippen LogP contribution in [0.3, 0.4) is 0 Å². The van der Waals surface area contributed by atoms with Crippen molar-refractivity contribution in [2.45, 2.75) is 19.4 Å². The predicted octanol–water partition coefficient (Wildman–Crippen LogP) is 2.50. The molecular formula is C10H12IN. The maximum Gasteiger partial charge on any atom is 0.0295 e. The second-order valence-electron chi connectivity index (χ2n) is 3.23. The molecule has 0 unspecified atom stereocenters. The van der Waals surface area contributed by atoms with E-state index in [9.17, 15) is 0 Å². The Morgan fingerprint density at radius 1 is 1.50 bits per heavy atom. The Labute approximate surface area is 86.7 Å². The van der Waals surface area contributed by atoms with Crippen molar-refractivity contribution in [2.24, 2.45) is 0 Å². The van der Waals surface area contributed by atoms with Gasteiger partial charge in [-0.15, -0.1) is 0 Å². The van der Waals surface area contributed by atoms with Crippen LogP contribution in [0, 0.1) is 3.57 Å². The molecule has 0 saturated heterocycles. The van der Waals surface area contributed by atoms with Crippen LogP contribution in [0.15, 0.2) is 18.2 Å². The average molecular weight is 273 g/mol. The first-order valence-electron chi connectivity index (χ1n) is 4.29. The second-order valence-corrected chi connectivity index (χ2v) is 4.40. The molecule has 0 radical (unpaired) electrons. The summed E-state index contributed by atoms with van der Waals surface area (Å²) in [6, 6.07) is 7.10. The average Bonchev–Trinajstić information content (AvgIpc) is 2.07. The summed E-state index contributed by atoms with van der Waals surface area (Å²) in [5.41, 5.74) is 3.03. The van der Waals surface area contributed by atoms with Gasteiger partial charge in [0.15, 0.2) is 0 Å². The molecule has 1 aromatic rings. The van der Waals surface area contributed by atoms with Crippen LogP contribution in [0.2, 0.25) is 0 Å². The fraction of sp³-hybridized carbons (Fsp3) is 0.400. The number of fused-ring (bicyclic) bond motifs is 1. The maximum absolute atomic E-state index is 3.46. The van der Waals surface area contributed by atoms with Crippen molar-refractivity contribution in [1.82, 2.24) is 5.32 Å². The number of halogens is 1. The molecule has 1 N–H and O–H groups in total. The second kappa shape index (κ2) is 3.34. The van der Waals surface area contributed by atoms with E-state index in [2.05, 4.69) is 53.0 Å². The van der Waals surface area contributed by atoms with Crippen LogP contribution in [0.5, 0.6) is 0 Å². The first kappa shape index (κ1) is 8.51. The molecule has 1 aliphatic rings. The van der Waals surface area contributed by atoms with Crippen LogP contribution in [-0.4, -0.2) is 6.54 Å². The fourth-order valence-corrected chi connectivity index (χ4v) is 2.56. The smallest absolute Gasteiger partial charge is 0.0295 e. The molecular weight excluding hydrogens is 261 g/mol. The maximum atomic E-state index is 3.46. The first-order valence-corrected chi connectivity index (χ1v) is 5.37. The molecule has 1 atom stereocenters. The third-order valence-electron chi connectivity index (χ3n) is 2.45. The van der Waals surface area contributed by atoms with Gasteiger partial charge in [0.1, 0.15) is 0 Å². The zero-order valence-electron chi connectivity index (χ0n) is 7.10. The largest absolute Gasteiger partial charge is 0.310 e. The van der Waals surface area contributed by atoms with Gasteiger partial charge in [-0.05, 0) is 59.7 Å². The van der Waals surface area contributed by atoms with Gasteiger partial charge < -0.3 is 5.32 Å². The Morgan fingerprint density at radius 3 is 3.08 bits per heavy atom. The third-order valence-corrected chi connectivity index (χ3v) is 3.46. The lowest BCUT2D eigenvalue weighted by Gasteiger charge is -2.24. The highest BCUT2D eigenvalue weighted by atomic mass is 127. The molecule has 0 spiro atoms. The lowest BCUT2D eigenvalue weighted by atomic mass is 9.96. The Bertz CT molecular complexity index is 296. The quantitative estimate of drug-likeness (QED) is 0.716. The molecule has 1 heterocycles. The van der Waals surface area contributed by atoms with Crippen LogP contribution in [0.25, 0.3) is 0 Å². The number of hydrogen-bond acceptors (Lipinski definition) is 1. The minimum Gasteiger partial charge on any atom is -0.310 e. The number of hydrogen-bond donors (Lipinski definition) is 1.